The zero-order valence-corrected chi connectivity index (χ0v) is 18.6. The number of pyridine rings is 1. The van der Waals surface area contributed by atoms with Gasteiger partial charge in [-0.25, -0.2) is 8.78 Å². The molecule has 10 heteroatoms. The average molecular weight is 472 g/mol. The van der Waals surface area contributed by atoms with Gasteiger partial charge in [-0.1, -0.05) is 0 Å². The fraction of sp³-hybridized carbons (Fsp3) is 0.500. The zero-order chi connectivity index (χ0) is 24.1. The van der Waals surface area contributed by atoms with E-state index in [1.54, 1.807) is 6.07 Å². The average Bonchev–Trinajstić information content (AvgIpc) is 3.46. The summed E-state index contributed by atoms with van der Waals surface area (Å²) in [5.41, 5.74) is 0.431. The fourth-order valence-corrected chi connectivity index (χ4v) is 5.23. The Morgan fingerprint density at radius 1 is 1.12 bits per heavy atom. The van der Waals surface area contributed by atoms with Crippen LogP contribution in [0.4, 0.5) is 25.8 Å². The van der Waals surface area contributed by atoms with E-state index >= 15 is 0 Å². The first-order chi connectivity index (χ1) is 16.2. The molecule has 1 atom stereocenters. The Kier molecular flexibility index (Phi) is 5.41. The van der Waals surface area contributed by atoms with E-state index in [1.165, 1.54) is 47.9 Å². The summed E-state index contributed by atoms with van der Waals surface area (Å²) < 4.78 is 28.6. The maximum atomic E-state index is 13.7. The van der Waals surface area contributed by atoms with Gasteiger partial charge in [-0.2, -0.15) is 0 Å². The Morgan fingerprint density at radius 2 is 1.85 bits per heavy atom. The molecule has 1 aromatic heterocycles. The monoisotopic (exact) mass is 472 g/mol. The Bertz CT molecular complexity index is 1200. The van der Waals surface area contributed by atoms with Gasteiger partial charge in [0, 0.05) is 50.3 Å². The van der Waals surface area contributed by atoms with Crippen molar-refractivity contribution in [3.05, 3.63) is 62.6 Å². The van der Waals surface area contributed by atoms with Gasteiger partial charge in [-0.3, -0.25) is 19.7 Å². The maximum Gasteiger partial charge on any atom is 0.274 e. The molecule has 2 heterocycles. The van der Waals surface area contributed by atoms with Gasteiger partial charge >= 0.3 is 0 Å². The highest BCUT2D eigenvalue weighted by molar-refractivity contribution is 6.08. The van der Waals surface area contributed by atoms with Crippen molar-refractivity contribution in [2.24, 2.45) is 5.41 Å². The van der Waals surface area contributed by atoms with Crippen LogP contribution in [0.5, 0.6) is 0 Å². The van der Waals surface area contributed by atoms with Crippen LogP contribution in [0.15, 0.2) is 41.3 Å². The molecule has 1 aliphatic heterocycles. The fourth-order valence-electron chi connectivity index (χ4n) is 5.23. The van der Waals surface area contributed by atoms with E-state index in [2.05, 4.69) is 5.32 Å². The van der Waals surface area contributed by atoms with Crippen LogP contribution < -0.4 is 15.8 Å². The number of alkyl halides is 2. The van der Waals surface area contributed by atoms with Crippen LogP contribution in [0.2, 0.25) is 0 Å². The van der Waals surface area contributed by atoms with Gasteiger partial charge in [-0.15, -0.1) is 0 Å². The molecule has 1 unspecified atom stereocenters. The second-order valence-corrected chi connectivity index (χ2v) is 9.79. The lowest BCUT2D eigenvalue weighted by Crippen LogP contribution is -2.36. The summed E-state index contributed by atoms with van der Waals surface area (Å²) >= 11 is 0. The van der Waals surface area contributed by atoms with Gasteiger partial charge in [-0.05, 0) is 55.7 Å². The van der Waals surface area contributed by atoms with E-state index in [4.69, 9.17) is 0 Å². The minimum absolute atomic E-state index is 0.0115. The topological polar surface area (TPSA) is 97.5 Å². The standard InChI is InChI=1S/C24H26F2N4O4/c25-24(26)6-5-17(15-24)29-11-1-2-19(22(29)32)27-21(31)18-4-3-16(30(33)34)14-20(18)28-12-9-23(7-8-23)10-13-28/h1-4,11,14,17H,5-10,12-13,15H2,(H,27,31). The minimum atomic E-state index is -2.80. The molecular weight excluding hydrogens is 446 g/mol. The SMILES string of the molecule is O=C(Nc1cccn(C2CCC(F)(F)C2)c1=O)c1ccc([N+](=O)[O-])cc1N1CCC2(CC1)CC2. The van der Waals surface area contributed by atoms with Crippen molar-refractivity contribution in [3.63, 3.8) is 0 Å². The van der Waals surface area contributed by atoms with Crippen LogP contribution in [0.3, 0.4) is 0 Å². The molecule has 0 bridgehead atoms. The number of non-ortho nitro benzene ring substituents is 1. The highest BCUT2D eigenvalue weighted by Crippen LogP contribution is 2.54. The van der Waals surface area contributed by atoms with Crippen LogP contribution in [0.25, 0.3) is 0 Å². The quantitative estimate of drug-likeness (QED) is 0.500. The smallest absolute Gasteiger partial charge is 0.274 e. The molecule has 0 radical (unpaired) electrons. The molecule has 1 amide bonds. The maximum absolute atomic E-state index is 13.7. The Hall–Kier alpha value is -3.30. The van der Waals surface area contributed by atoms with Crippen LogP contribution >= 0.6 is 0 Å². The predicted molar refractivity (Wildman–Crippen MR) is 123 cm³/mol. The molecule has 1 aromatic carbocycles. The molecule has 5 rings (SSSR count). The van der Waals surface area contributed by atoms with E-state index in [0.29, 0.717) is 24.2 Å². The van der Waals surface area contributed by atoms with Crippen LogP contribution in [-0.2, 0) is 0 Å². The molecule has 3 fully saturated rings. The lowest BCUT2D eigenvalue weighted by atomic mass is 9.93. The third-order valence-corrected chi connectivity index (χ3v) is 7.55. The number of rotatable bonds is 5. The molecule has 1 saturated heterocycles. The molecule has 8 nitrogen and oxygen atoms in total. The van der Waals surface area contributed by atoms with Gasteiger partial charge in [0.2, 0.25) is 5.92 Å². The molecule has 2 aliphatic carbocycles. The van der Waals surface area contributed by atoms with E-state index in [0.717, 1.165) is 12.8 Å². The number of nitro groups is 1. The number of hydrogen-bond donors (Lipinski definition) is 1. The number of amides is 1. The molecule has 2 aromatic rings. The molecular formula is C24H26F2N4O4. The molecule has 180 valence electrons. The van der Waals surface area contributed by atoms with Crippen molar-refractivity contribution in [1.82, 2.24) is 4.57 Å². The van der Waals surface area contributed by atoms with Gasteiger partial charge in [0.05, 0.1) is 16.2 Å². The third-order valence-electron chi connectivity index (χ3n) is 7.55. The Balaban J connectivity index is 1.41. The van der Waals surface area contributed by atoms with E-state index in [-0.39, 0.29) is 29.8 Å². The second-order valence-electron chi connectivity index (χ2n) is 9.79. The largest absolute Gasteiger partial charge is 0.371 e. The van der Waals surface area contributed by atoms with E-state index in [1.807, 2.05) is 4.90 Å². The van der Waals surface area contributed by atoms with Crippen molar-refractivity contribution in [2.45, 2.75) is 56.9 Å². The number of nitrogens with zero attached hydrogens (tertiary/aromatic N) is 3. The number of carbonyl (C=O) groups is 1. The van der Waals surface area contributed by atoms with Crippen LogP contribution in [-0.4, -0.2) is 34.4 Å². The summed E-state index contributed by atoms with van der Waals surface area (Å²) in [6.45, 7) is 1.41. The highest BCUT2D eigenvalue weighted by atomic mass is 19.3. The highest BCUT2D eigenvalue weighted by Gasteiger charge is 2.45. The molecule has 34 heavy (non-hydrogen) atoms. The van der Waals surface area contributed by atoms with Crippen molar-refractivity contribution in [2.75, 3.05) is 23.3 Å². The van der Waals surface area contributed by atoms with Gasteiger partial charge in [0.25, 0.3) is 17.2 Å². The van der Waals surface area contributed by atoms with Crippen LogP contribution in [0, 0.1) is 15.5 Å². The van der Waals surface area contributed by atoms with Crippen molar-refractivity contribution in [1.29, 1.82) is 0 Å². The number of nitrogens with one attached hydrogen (secondary N) is 1. The molecule has 3 aliphatic rings. The number of anilines is 2. The number of benzene rings is 1. The summed E-state index contributed by atoms with van der Waals surface area (Å²) in [7, 11) is 0. The predicted octanol–water partition coefficient (Wildman–Crippen LogP) is 4.75. The molecule has 1 N–H and O–H groups in total. The lowest BCUT2D eigenvalue weighted by Gasteiger charge is -2.34. The second kappa shape index (κ2) is 8.18. The number of piperidine rings is 1. The summed E-state index contributed by atoms with van der Waals surface area (Å²) in [5.74, 6) is -3.37. The summed E-state index contributed by atoms with van der Waals surface area (Å²) in [5, 5.41) is 14.0. The first-order valence-electron chi connectivity index (χ1n) is 11.6. The van der Waals surface area contributed by atoms with Gasteiger partial charge in [0.1, 0.15) is 5.69 Å². The normalized spacial score (nSPS) is 22.5. The Labute approximate surface area is 194 Å². The third kappa shape index (κ3) is 4.28. The van der Waals surface area contributed by atoms with Crippen molar-refractivity contribution >= 4 is 23.0 Å². The number of nitro benzene ring substituents is 1. The van der Waals surface area contributed by atoms with E-state index in [9.17, 15) is 28.5 Å². The number of halogens is 2. The number of carbonyl (C=O) groups excluding carboxylic acids is 1. The number of hydrogen-bond acceptors (Lipinski definition) is 5. The lowest BCUT2D eigenvalue weighted by molar-refractivity contribution is -0.384. The molecule has 1 spiro atoms. The first kappa shape index (κ1) is 22.5. The summed E-state index contributed by atoms with van der Waals surface area (Å²) in [4.78, 5) is 39.0. The zero-order valence-electron chi connectivity index (χ0n) is 18.6. The number of aromatic nitrogens is 1. The van der Waals surface area contributed by atoms with Crippen molar-refractivity contribution in [3.8, 4) is 0 Å². The van der Waals surface area contributed by atoms with E-state index < -0.39 is 34.8 Å². The van der Waals surface area contributed by atoms with Crippen LogP contribution in [0.1, 0.15) is 61.3 Å². The van der Waals surface area contributed by atoms with Crippen molar-refractivity contribution < 1.29 is 18.5 Å². The minimum Gasteiger partial charge on any atom is -0.371 e. The first-order valence-corrected chi connectivity index (χ1v) is 11.6. The summed E-state index contributed by atoms with van der Waals surface area (Å²) in [6.07, 6.45) is 5.33. The molecule has 2 saturated carbocycles. The van der Waals surface area contributed by atoms with Gasteiger partial charge < -0.3 is 14.8 Å². The van der Waals surface area contributed by atoms with Gasteiger partial charge in [0.15, 0.2) is 0 Å². The summed E-state index contributed by atoms with van der Waals surface area (Å²) in [6, 6.07) is 6.44. The Morgan fingerprint density at radius 3 is 2.47 bits per heavy atom.